The zero-order valence-corrected chi connectivity index (χ0v) is 19.8. The predicted molar refractivity (Wildman–Crippen MR) is 128 cm³/mol. The van der Waals surface area contributed by atoms with E-state index < -0.39 is 4.92 Å². The van der Waals surface area contributed by atoms with E-state index in [0.29, 0.717) is 30.5 Å². The maximum absolute atomic E-state index is 12.7. The monoisotopic (exact) mass is 455 g/mol. The maximum Gasteiger partial charge on any atom is 0.338 e. The second kappa shape index (κ2) is 10.6. The van der Waals surface area contributed by atoms with Crippen LogP contribution in [0.4, 0.5) is 17.5 Å². The maximum atomic E-state index is 12.7. The van der Waals surface area contributed by atoms with Crippen LogP contribution in [0.5, 0.6) is 0 Å². The third-order valence-corrected chi connectivity index (χ3v) is 5.76. The van der Waals surface area contributed by atoms with Crippen LogP contribution in [0.25, 0.3) is 0 Å². The molecule has 1 unspecified atom stereocenters. The summed E-state index contributed by atoms with van der Waals surface area (Å²) in [6.45, 7) is 8.32. The van der Waals surface area contributed by atoms with Gasteiger partial charge in [-0.05, 0) is 36.8 Å². The number of ether oxygens (including phenoxy) is 1. The Balaban J connectivity index is 1.59. The van der Waals surface area contributed by atoms with Gasteiger partial charge in [-0.2, -0.15) is 4.98 Å². The molecule has 33 heavy (non-hydrogen) atoms. The molecule has 1 saturated carbocycles. The van der Waals surface area contributed by atoms with E-state index in [1.165, 1.54) is 6.20 Å². The number of nitrogens with one attached hydrogen (secondary N) is 2. The lowest BCUT2D eigenvalue weighted by Crippen LogP contribution is -2.23. The molecule has 1 atom stereocenters. The summed E-state index contributed by atoms with van der Waals surface area (Å²) in [6.07, 6.45) is 5.72. The normalized spacial score (nSPS) is 15.2. The van der Waals surface area contributed by atoms with E-state index in [1.54, 1.807) is 13.0 Å². The van der Waals surface area contributed by atoms with Crippen LogP contribution in [0, 0.1) is 10.1 Å². The quantitative estimate of drug-likeness (QED) is 0.305. The van der Waals surface area contributed by atoms with Crippen LogP contribution in [-0.2, 0) is 10.2 Å². The Hall–Kier alpha value is -3.23. The second-order valence-corrected chi connectivity index (χ2v) is 9.54. The van der Waals surface area contributed by atoms with Gasteiger partial charge < -0.3 is 15.4 Å². The molecule has 0 aliphatic heterocycles. The van der Waals surface area contributed by atoms with Crippen molar-refractivity contribution < 1.29 is 14.5 Å². The highest BCUT2D eigenvalue weighted by atomic mass is 16.6. The largest absolute Gasteiger partial charge is 0.459 e. The van der Waals surface area contributed by atoms with Crippen molar-refractivity contribution in [2.45, 2.75) is 77.4 Å². The van der Waals surface area contributed by atoms with Crippen molar-refractivity contribution >= 4 is 23.4 Å². The van der Waals surface area contributed by atoms with Crippen LogP contribution < -0.4 is 10.6 Å². The molecule has 1 aliphatic carbocycles. The van der Waals surface area contributed by atoms with Crippen molar-refractivity contribution in [1.29, 1.82) is 0 Å². The highest BCUT2D eigenvalue weighted by molar-refractivity contribution is 5.91. The first-order valence-corrected chi connectivity index (χ1v) is 11.5. The van der Waals surface area contributed by atoms with Crippen LogP contribution in [-0.4, -0.2) is 39.6 Å². The minimum atomic E-state index is -0.505. The lowest BCUT2D eigenvalue weighted by Gasteiger charge is -2.23. The molecular weight excluding hydrogens is 422 g/mol. The fourth-order valence-corrected chi connectivity index (χ4v) is 3.98. The average molecular weight is 456 g/mol. The van der Waals surface area contributed by atoms with Crippen molar-refractivity contribution in [2.75, 3.05) is 17.2 Å². The van der Waals surface area contributed by atoms with Crippen LogP contribution >= 0.6 is 0 Å². The van der Waals surface area contributed by atoms with E-state index in [-0.39, 0.29) is 29.0 Å². The van der Waals surface area contributed by atoms with E-state index >= 15 is 0 Å². The summed E-state index contributed by atoms with van der Waals surface area (Å²) in [5.41, 5.74) is 1.12. The van der Waals surface area contributed by atoms with E-state index in [1.807, 2.05) is 18.2 Å². The molecule has 9 heteroatoms. The Morgan fingerprint density at radius 3 is 2.64 bits per heavy atom. The standard InChI is InChI=1S/C24H33N5O4/c1-16(33-22(30)18-11-7-8-12-19(18)24(2,3)4)13-14-25-21-20(29(31)32)15-26-23(28-21)27-17-9-5-6-10-17/h7-8,11-12,15-17H,5-6,9-10,13-14H2,1-4H3,(H2,25,26,27,28). The number of benzene rings is 1. The van der Waals surface area contributed by atoms with E-state index in [4.69, 9.17) is 4.74 Å². The molecular formula is C24H33N5O4. The highest BCUT2D eigenvalue weighted by Crippen LogP contribution is 2.27. The third kappa shape index (κ3) is 6.63. The SMILES string of the molecule is CC(CCNc1nc(NC2CCCC2)ncc1[N+](=O)[O-])OC(=O)c1ccccc1C(C)(C)C. The number of rotatable bonds is 9. The minimum absolute atomic E-state index is 0.159. The lowest BCUT2D eigenvalue weighted by molar-refractivity contribution is -0.384. The summed E-state index contributed by atoms with van der Waals surface area (Å²) in [4.78, 5) is 32.0. The van der Waals surface area contributed by atoms with Crippen molar-refractivity contribution in [2.24, 2.45) is 0 Å². The molecule has 1 fully saturated rings. The van der Waals surface area contributed by atoms with Gasteiger partial charge in [-0.25, -0.2) is 9.78 Å². The van der Waals surface area contributed by atoms with Gasteiger partial charge in [0.1, 0.15) is 12.3 Å². The fourth-order valence-electron chi connectivity index (χ4n) is 3.98. The molecule has 3 rings (SSSR count). The van der Waals surface area contributed by atoms with Gasteiger partial charge in [-0.3, -0.25) is 10.1 Å². The Kier molecular flexibility index (Phi) is 7.84. The number of hydrogen-bond acceptors (Lipinski definition) is 8. The van der Waals surface area contributed by atoms with Gasteiger partial charge in [0.2, 0.25) is 11.8 Å². The number of carbonyl (C=O) groups is 1. The highest BCUT2D eigenvalue weighted by Gasteiger charge is 2.24. The minimum Gasteiger partial charge on any atom is -0.459 e. The smallest absolute Gasteiger partial charge is 0.338 e. The molecule has 0 radical (unpaired) electrons. The Bertz CT molecular complexity index is 983. The van der Waals surface area contributed by atoms with E-state index in [2.05, 4.69) is 41.4 Å². The van der Waals surface area contributed by atoms with E-state index in [0.717, 1.165) is 31.2 Å². The molecule has 1 aromatic heterocycles. The molecule has 0 spiro atoms. The summed E-state index contributed by atoms with van der Waals surface area (Å²) < 4.78 is 5.64. The first kappa shape index (κ1) is 24.4. The fraction of sp³-hybridized carbons (Fsp3) is 0.542. The van der Waals surface area contributed by atoms with Gasteiger partial charge in [-0.1, -0.05) is 51.8 Å². The molecule has 2 aromatic rings. The number of nitrogens with zero attached hydrogens (tertiary/aromatic N) is 3. The summed E-state index contributed by atoms with van der Waals surface area (Å²) in [5, 5.41) is 17.7. The van der Waals surface area contributed by atoms with Gasteiger partial charge in [0.15, 0.2) is 0 Å². The third-order valence-electron chi connectivity index (χ3n) is 5.76. The second-order valence-electron chi connectivity index (χ2n) is 9.54. The first-order valence-electron chi connectivity index (χ1n) is 11.5. The van der Waals surface area contributed by atoms with Crippen LogP contribution in [0.3, 0.4) is 0 Å². The van der Waals surface area contributed by atoms with Crippen LogP contribution in [0.1, 0.15) is 75.7 Å². The molecule has 178 valence electrons. The molecule has 0 saturated heterocycles. The molecule has 1 aliphatic rings. The van der Waals surface area contributed by atoms with Crippen molar-refractivity contribution in [3.8, 4) is 0 Å². The van der Waals surface area contributed by atoms with E-state index in [9.17, 15) is 14.9 Å². The molecule has 1 aromatic carbocycles. The van der Waals surface area contributed by atoms with Crippen molar-refractivity contribution in [3.63, 3.8) is 0 Å². The first-order chi connectivity index (χ1) is 15.6. The Labute approximate surface area is 194 Å². The summed E-state index contributed by atoms with van der Waals surface area (Å²) in [5.74, 6) is 0.171. The van der Waals surface area contributed by atoms with Gasteiger partial charge in [0.05, 0.1) is 10.5 Å². The molecule has 2 N–H and O–H groups in total. The van der Waals surface area contributed by atoms with Crippen molar-refractivity contribution in [1.82, 2.24) is 9.97 Å². The zero-order valence-electron chi connectivity index (χ0n) is 19.8. The molecule has 9 nitrogen and oxygen atoms in total. The zero-order chi connectivity index (χ0) is 24.0. The van der Waals surface area contributed by atoms with Crippen LogP contribution in [0.2, 0.25) is 0 Å². The lowest BCUT2D eigenvalue weighted by atomic mass is 9.84. The molecule has 0 bridgehead atoms. The number of carbonyl (C=O) groups excluding carboxylic acids is 1. The summed E-state index contributed by atoms with van der Waals surface area (Å²) >= 11 is 0. The molecule has 0 amide bonds. The van der Waals surface area contributed by atoms with Gasteiger partial charge >= 0.3 is 11.7 Å². The Morgan fingerprint density at radius 1 is 1.27 bits per heavy atom. The number of anilines is 2. The predicted octanol–water partition coefficient (Wildman–Crippen LogP) is 5.08. The average Bonchev–Trinajstić information content (AvgIpc) is 3.26. The van der Waals surface area contributed by atoms with Gasteiger partial charge in [0, 0.05) is 19.0 Å². The Morgan fingerprint density at radius 2 is 1.97 bits per heavy atom. The van der Waals surface area contributed by atoms with Gasteiger partial charge in [-0.15, -0.1) is 0 Å². The number of aromatic nitrogens is 2. The number of nitro groups is 1. The van der Waals surface area contributed by atoms with Gasteiger partial charge in [0.25, 0.3) is 0 Å². The number of esters is 1. The number of hydrogen-bond donors (Lipinski definition) is 2. The summed E-state index contributed by atoms with van der Waals surface area (Å²) in [7, 11) is 0. The summed E-state index contributed by atoms with van der Waals surface area (Å²) in [6, 6.07) is 7.75. The van der Waals surface area contributed by atoms with Crippen LogP contribution in [0.15, 0.2) is 30.5 Å². The van der Waals surface area contributed by atoms with Crippen molar-refractivity contribution in [3.05, 3.63) is 51.7 Å². The topological polar surface area (TPSA) is 119 Å². The molecule has 1 heterocycles.